The smallest absolute Gasteiger partial charge is 0.122 e. The average Bonchev–Trinajstić information content (AvgIpc) is 3.59. The number of rotatable bonds is 12. The van der Waals surface area contributed by atoms with Gasteiger partial charge in [0.25, 0.3) is 0 Å². The Morgan fingerprint density at radius 1 is 0.714 bits per heavy atom. The Labute approximate surface area is 229 Å². The van der Waals surface area contributed by atoms with Gasteiger partial charge in [-0.15, -0.1) is 22.7 Å². The molecule has 0 amide bonds. The van der Waals surface area contributed by atoms with E-state index < -0.39 is 0 Å². The highest BCUT2D eigenvalue weighted by Gasteiger charge is 2.19. The van der Waals surface area contributed by atoms with Crippen molar-refractivity contribution < 1.29 is 21.5 Å². The number of halogens is 1. The highest BCUT2D eigenvalue weighted by molar-refractivity contribution is 7.23. The summed E-state index contributed by atoms with van der Waals surface area (Å²) in [6.07, 6.45) is 5.00. The second-order valence-corrected chi connectivity index (χ2v) is 11.8. The van der Waals surface area contributed by atoms with Crippen LogP contribution in [0.3, 0.4) is 0 Å². The molecule has 0 aliphatic rings. The molecule has 0 atom stereocenters. The normalized spacial score (nSPS) is 11.8. The number of nitrogens with zero attached hydrogens (tertiary/aromatic N) is 4. The van der Waals surface area contributed by atoms with E-state index in [1.165, 1.54) is 80.6 Å². The molecule has 0 radical (unpaired) electrons. The molecule has 0 spiro atoms. The summed E-state index contributed by atoms with van der Waals surface area (Å²) < 4.78 is 1.25. The van der Waals surface area contributed by atoms with E-state index in [0.717, 1.165) is 24.0 Å². The first-order chi connectivity index (χ1) is 16.5. The lowest BCUT2D eigenvalue weighted by atomic mass is 10.1. The average molecular weight is 576 g/mol. The Hall–Kier alpha value is -1.54. The molecule has 35 heavy (non-hydrogen) atoms. The quantitative estimate of drug-likeness (QED) is 0.177. The summed E-state index contributed by atoms with van der Waals surface area (Å²) in [6.45, 7) is 17.2. The van der Waals surface area contributed by atoms with Crippen molar-refractivity contribution in [3.8, 4) is 20.2 Å². The zero-order valence-corrected chi connectivity index (χ0v) is 25.0. The van der Waals surface area contributed by atoms with Gasteiger partial charge in [-0.1, -0.05) is 18.6 Å². The number of benzene rings is 1. The van der Waals surface area contributed by atoms with Crippen molar-refractivity contribution in [2.75, 3.05) is 26.2 Å². The fourth-order valence-electron chi connectivity index (χ4n) is 4.84. The van der Waals surface area contributed by atoms with E-state index in [1.54, 1.807) is 0 Å². The fraction of sp³-hybridized carbons (Fsp3) is 0.500. The van der Waals surface area contributed by atoms with Crippen LogP contribution in [-0.4, -0.2) is 45.7 Å². The van der Waals surface area contributed by atoms with Crippen molar-refractivity contribution in [1.29, 1.82) is 0 Å². The molecule has 190 valence electrons. The third kappa shape index (κ3) is 6.43. The van der Waals surface area contributed by atoms with E-state index in [1.807, 2.05) is 27.5 Å². The van der Waals surface area contributed by atoms with Crippen molar-refractivity contribution in [3.63, 3.8) is 0 Å². The van der Waals surface area contributed by atoms with E-state index >= 15 is 0 Å². The van der Waals surface area contributed by atoms with Crippen LogP contribution in [0.4, 0.5) is 0 Å². The molecule has 3 heterocycles. The highest BCUT2D eigenvalue weighted by Crippen LogP contribution is 2.39. The summed E-state index contributed by atoms with van der Waals surface area (Å²) in [4.78, 5) is 7.22. The first-order valence-electron chi connectivity index (χ1n) is 12.8. The van der Waals surface area contributed by atoms with Crippen molar-refractivity contribution in [1.82, 2.24) is 15.0 Å². The number of aryl methyl sites for hydroxylation is 3. The Bertz CT molecular complexity index is 1210. The molecule has 0 unspecified atom stereocenters. The van der Waals surface area contributed by atoms with Gasteiger partial charge in [-0.3, -0.25) is 0 Å². The lowest BCUT2D eigenvalue weighted by molar-refractivity contribution is -0.923. The van der Waals surface area contributed by atoms with Crippen LogP contribution in [0, 0.1) is 13.8 Å². The maximum Gasteiger partial charge on any atom is 0.122 e. The van der Waals surface area contributed by atoms with Gasteiger partial charge >= 0.3 is 0 Å². The summed E-state index contributed by atoms with van der Waals surface area (Å²) >= 11 is 3.70. The monoisotopic (exact) mass is 574 g/mol. The molecule has 4 nitrogen and oxygen atoms in total. The van der Waals surface area contributed by atoms with E-state index in [0.29, 0.717) is 0 Å². The number of unbranched alkanes of at least 4 members (excludes halogenated alkanes) is 3. The van der Waals surface area contributed by atoms with Gasteiger partial charge in [0, 0.05) is 25.1 Å². The van der Waals surface area contributed by atoms with Crippen molar-refractivity contribution in [3.05, 3.63) is 46.8 Å². The van der Waals surface area contributed by atoms with Crippen LogP contribution in [0.2, 0.25) is 0 Å². The molecule has 3 aromatic heterocycles. The van der Waals surface area contributed by atoms with Crippen molar-refractivity contribution >= 4 is 33.7 Å². The minimum Gasteiger partial charge on any atom is -1.00 e. The predicted molar refractivity (Wildman–Crippen MR) is 149 cm³/mol. The van der Waals surface area contributed by atoms with Crippen LogP contribution in [-0.2, 0) is 6.54 Å². The standard InChI is InChI=1S/C28H39N4S2.BrH/c1-6-32(7-2,8-3)20-12-10-9-11-19-31-29-27-21(4)13-15-23(28(27)30-31)24-17-18-26(34-24)25-16-14-22(5)33-25;/h13-18H,6-12,19-20H2,1-5H3;1H/q+1;/p-1. The van der Waals surface area contributed by atoms with Crippen molar-refractivity contribution in [2.45, 2.75) is 66.8 Å². The lowest BCUT2D eigenvalue weighted by Crippen LogP contribution is -3.00. The molecular weight excluding hydrogens is 536 g/mol. The molecular formula is C28H39BrN4S2. The molecule has 0 aliphatic heterocycles. The Kier molecular flexibility index (Phi) is 10.1. The molecule has 4 aromatic rings. The highest BCUT2D eigenvalue weighted by atomic mass is 79.9. The zero-order valence-electron chi connectivity index (χ0n) is 21.8. The number of hydrogen-bond acceptors (Lipinski definition) is 4. The predicted octanol–water partition coefficient (Wildman–Crippen LogP) is 4.95. The number of fused-ring (bicyclic) bond motifs is 1. The molecule has 0 saturated carbocycles. The van der Waals surface area contributed by atoms with Gasteiger partial charge < -0.3 is 21.5 Å². The summed E-state index contributed by atoms with van der Waals surface area (Å²) in [5.74, 6) is 0. The first kappa shape index (κ1) is 28.0. The van der Waals surface area contributed by atoms with Gasteiger partial charge in [0.05, 0.1) is 32.7 Å². The molecule has 1 aromatic carbocycles. The molecule has 4 rings (SSSR count). The van der Waals surface area contributed by atoms with Gasteiger partial charge in [-0.05, 0) is 83.7 Å². The number of quaternary nitrogens is 1. The van der Waals surface area contributed by atoms with Crippen LogP contribution < -0.4 is 17.0 Å². The molecule has 0 aliphatic carbocycles. The number of thiophene rings is 2. The van der Waals surface area contributed by atoms with E-state index in [9.17, 15) is 0 Å². The Morgan fingerprint density at radius 2 is 1.34 bits per heavy atom. The number of aromatic nitrogens is 3. The molecule has 0 N–H and O–H groups in total. The maximum absolute atomic E-state index is 4.94. The van der Waals surface area contributed by atoms with Crippen LogP contribution in [0.1, 0.15) is 56.9 Å². The third-order valence-electron chi connectivity index (χ3n) is 7.39. The second-order valence-electron chi connectivity index (χ2n) is 9.43. The van der Waals surface area contributed by atoms with Gasteiger partial charge in [0.15, 0.2) is 0 Å². The molecule has 0 saturated heterocycles. The largest absolute Gasteiger partial charge is 1.00 e. The zero-order chi connectivity index (χ0) is 24.1. The van der Waals surface area contributed by atoms with E-state index in [-0.39, 0.29) is 17.0 Å². The van der Waals surface area contributed by atoms with E-state index in [4.69, 9.17) is 10.2 Å². The van der Waals surface area contributed by atoms with E-state index in [2.05, 4.69) is 71.0 Å². The van der Waals surface area contributed by atoms with Gasteiger partial charge in [-0.2, -0.15) is 15.0 Å². The molecule has 0 bridgehead atoms. The number of hydrogen-bond donors (Lipinski definition) is 0. The fourth-order valence-corrected chi connectivity index (χ4v) is 6.83. The molecule has 0 fully saturated rings. The summed E-state index contributed by atoms with van der Waals surface area (Å²) in [7, 11) is 0. The summed E-state index contributed by atoms with van der Waals surface area (Å²) in [5, 5.41) is 9.82. The maximum atomic E-state index is 4.94. The van der Waals surface area contributed by atoms with Crippen LogP contribution in [0.25, 0.3) is 31.2 Å². The first-order valence-corrected chi connectivity index (χ1v) is 14.5. The van der Waals surface area contributed by atoms with Crippen molar-refractivity contribution in [2.24, 2.45) is 0 Å². The summed E-state index contributed by atoms with van der Waals surface area (Å²) in [6, 6.07) is 13.3. The topological polar surface area (TPSA) is 30.7 Å². The van der Waals surface area contributed by atoms with Gasteiger partial charge in [-0.25, -0.2) is 0 Å². The lowest BCUT2D eigenvalue weighted by Gasteiger charge is -2.35. The second kappa shape index (κ2) is 12.6. The summed E-state index contributed by atoms with van der Waals surface area (Å²) in [5.41, 5.74) is 4.47. The molecule has 7 heteroatoms. The van der Waals surface area contributed by atoms with Crippen LogP contribution >= 0.6 is 22.7 Å². The van der Waals surface area contributed by atoms with Gasteiger partial charge in [0.2, 0.25) is 0 Å². The minimum absolute atomic E-state index is 0. The SMILES string of the molecule is CC[N+](CC)(CC)CCCCCCn1nc2c(C)ccc(-c3ccc(-c4ccc(C)s4)s3)c2n1.[Br-]. The van der Waals surface area contributed by atoms with Gasteiger partial charge in [0.1, 0.15) is 11.0 Å². The Balaban J connectivity index is 0.00000342. The Morgan fingerprint density at radius 3 is 2.03 bits per heavy atom. The van der Waals surface area contributed by atoms with Crippen LogP contribution in [0.5, 0.6) is 0 Å². The third-order valence-corrected chi connectivity index (χ3v) is 9.71. The van der Waals surface area contributed by atoms with Crippen LogP contribution in [0.15, 0.2) is 36.4 Å². The minimum atomic E-state index is 0.